The Kier molecular flexibility index (Phi) is 4.94. The number of benzene rings is 8. The molecule has 204 valence electrons. The largest absolute Gasteiger partial charge is 0.308 e. The maximum absolute atomic E-state index is 2.52. The standard InChI is InChI=1S/C42H25NS/c1-2-12-28-24-30(22-20-26(28)10-1)43-37-23-21-29(32-18-9-13-27-11-3-4-14-31(27)32)25-36(37)39-33-15-5-6-16-34(33)40-35-17-7-8-19-38(35)44-42(40)41(39)43/h1-25H. The maximum atomic E-state index is 2.52. The second-order valence-corrected chi connectivity index (χ2v) is 12.7. The molecule has 0 bridgehead atoms. The van der Waals surface area contributed by atoms with Gasteiger partial charge in [-0.05, 0) is 73.8 Å². The van der Waals surface area contributed by atoms with Gasteiger partial charge in [0, 0.05) is 31.9 Å². The highest BCUT2D eigenvalue weighted by molar-refractivity contribution is 7.27. The van der Waals surface area contributed by atoms with E-state index in [4.69, 9.17) is 0 Å². The third-order valence-corrected chi connectivity index (χ3v) is 10.5. The Morgan fingerprint density at radius 1 is 0.432 bits per heavy atom. The minimum Gasteiger partial charge on any atom is -0.308 e. The highest BCUT2D eigenvalue weighted by atomic mass is 32.1. The second-order valence-electron chi connectivity index (χ2n) is 11.7. The molecule has 2 aromatic heterocycles. The topological polar surface area (TPSA) is 4.93 Å². The first-order chi connectivity index (χ1) is 21.8. The molecule has 2 heteroatoms. The molecule has 10 rings (SSSR count). The van der Waals surface area contributed by atoms with Crippen LogP contribution in [0.15, 0.2) is 152 Å². The van der Waals surface area contributed by atoms with Crippen molar-refractivity contribution in [2.45, 2.75) is 0 Å². The van der Waals surface area contributed by atoms with Crippen LogP contribution in [0.5, 0.6) is 0 Å². The summed E-state index contributed by atoms with van der Waals surface area (Å²) in [5.41, 5.74) is 6.22. The molecule has 0 unspecified atom stereocenters. The number of aromatic nitrogens is 1. The summed E-state index contributed by atoms with van der Waals surface area (Å²) < 4.78 is 5.19. The lowest BCUT2D eigenvalue weighted by Gasteiger charge is -2.11. The van der Waals surface area contributed by atoms with Gasteiger partial charge in [-0.2, -0.15) is 0 Å². The van der Waals surface area contributed by atoms with Crippen LogP contribution in [0.1, 0.15) is 0 Å². The number of hydrogen-bond acceptors (Lipinski definition) is 1. The van der Waals surface area contributed by atoms with E-state index in [1.807, 2.05) is 11.3 Å². The molecule has 1 nitrogen and oxygen atoms in total. The van der Waals surface area contributed by atoms with Crippen LogP contribution in [-0.4, -0.2) is 4.57 Å². The van der Waals surface area contributed by atoms with E-state index in [0.29, 0.717) is 0 Å². The van der Waals surface area contributed by atoms with Gasteiger partial charge in [-0.1, -0.05) is 121 Å². The highest BCUT2D eigenvalue weighted by Gasteiger charge is 2.22. The number of thiophene rings is 1. The summed E-state index contributed by atoms with van der Waals surface area (Å²) >= 11 is 1.92. The van der Waals surface area contributed by atoms with Crippen LogP contribution in [0, 0.1) is 0 Å². The van der Waals surface area contributed by atoms with Crippen molar-refractivity contribution < 1.29 is 0 Å². The van der Waals surface area contributed by atoms with Crippen LogP contribution in [-0.2, 0) is 0 Å². The third kappa shape index (κ3) is 3.29. The zero-order valence-corrected chi connectivity index (χ0v) is 24.6. The maximum Gasteiger partial charge on any atom is 0.0726 e. The van der Waals surface area contributed by atoms with E-state index >= 15 is 0 Å². The smallest absolute Gasteiger partial charge is 0.0726 e. The van der Waals surface area contributed by atoms with Crippen LogP contribution in [0.4, 0.5) is 0 Å². The molecule has 0 fully saturated rings. The van der Waals surface area contributed by atoms with Gasteiger partial charge in [-0.15, -0.1) is 11.3 Å². The van der Waals surface area contributed by atoms with Crippen LogP contribution in [0.3, 0.4) is 0 Å². The quantitative estimate of drug-likeness (QED) is 0.193. The van der Waals surface area contributed by atoms with Crippen molar-refractivity contribution in [3.63, 3.8) is 0 Å². The van der Waals surface area contributed by atoms with Gasteiger partial charge in [0.25, 0.3) is 0 Å². The summed E-state index contributed by atoms with van der Waals surface area (Å²) in [5, 5.41) is 13.0. The minimum atomic E-state index is 1.19. The summed E-state index contributed by atoms with van der Waals surface area (Å²) in [4.78, 5) is 0. The summed E-state index contributed by atoms with van der Waals surface area (Å²) in [6.45, 7) is 0. The van der Waals surface area contributed by atoms with E-state index in [0.717, 1.165) is 0 Å². The zero-order valence-electron chi connectivity index (χ0n) is 23.8. The first-order valence-corrected chi connectivity index (χ1v) is 15.9. The van der Waals surface area contributed by atoms with Crippen molar-refractivity contribution in [2.75, 3.05) is 0 Å². The number of rotatable bonds is 2. The molecule has 0 aliphatic rings. The molecule has 0 saturated carbocycles. The monoisotopic (exact) mass is 575 g/mol. The van der Waals surface area contributed by atoms with Gasteiger partial charge < -0.3 is 4.57 Å². The Morgan fingerprint density at radius 2 is 1.11 bits per heavy atom. The fourth-order valence-electron chi connectivity index (χ4n) is 7.41. The molecule has 0 amide bonds. The Bertz CT molecular complexity index is 2770. The zero-order chi connectivity index (χ0) is 28.8. The molecule has 2 heterocycles. The lowest BCUT2D eigenvalue weighted by atomic mass is 9.95. The SMILES string of the molecule is c1ccc2cc(-n3c4ccc(-c5cccc6ccccc56)cc4c4c5ccccc5c5c6ccccc6sc5c43)ccc2c1. The van der Waals surface area contributed by atoms with E-state index in [-0.39, 0.29) is 0 Å². The van der Waals surface area contributed by atoms with Gasteiger partial charge in [0.15, 0.2) is 0 Å². The van der Waals surface area contributed by atoms with Crippen molar-refractivity contribution in [1.29, 1.82) is 0 Å². The van der Waals surface area contributed by atoms with Gasteiger partial charge in [-0.3, -0.25) is 0 Å². The van der Waals surface area contributed by atoms with Gasteiger partial charge in [0.1, 0.15) is 0 Å². The lowest BCUT2D eigenvalue weighted by molar-refractivity contribution is 1.19. The van der Waals surface area contributed by atoms with Crippen LogP contribution in [0.25, 0.3) is 91.1 Å². The van der Waals surface area contributed by atoms with E-state index in [2.05, 4.69) is 156 Å². The van der Waals surface area contributed by atoms with E-state index in [1.165, 1.54) is 91.1 Å². The van der Waals surface area contributed by atoms with Crippen molar-refractivity contribution in [3.05, 3.63) is 152 Å². The van der Waals surface area contributed by atoms with E-state index in [1.54, 1.807) is 0 Å². The van der Waals surface area contributed by atoms with Crippen molar-refractivity contribution >= 4 is 85.6 Å². The van der Waals surface area contributed by atoms with Crippen LogP contribution in [0.2, 0.25) is 0 Å². The Balaban J connectivity index is 1.43. The molecular weight excluding hydrogens is 551 g/mol. The minimum absolute atomic E-state index is 1.19. The molecule has 0 spiro atoms. The molecular formula is C42H25NS. The number of hydrogen-bond donors (Lipinski definition) is 0. The van der Waals surface area contributed by atoms with Gasteiger partial charge in [0.2, 0.25) is 0 Å². The van der Waals surface area contributed by atoms with Crippen LogP contribution >= 0.6 is 11.3 Å². The molecule has 10 aromatic rings. The number of fused-ring (bicyclic) bond motifs is 12. The summed E-state index contributed by atoms with van der Waals surface area (Å²) in [7, 11) is 0. The van der Waals surface area contributed by atoms with E-state index < -0.39 is 0 Å². The molecule has 0 atom stereocenters. The first kappa shape index (κ1) is 24.0. The second kappa shape index (κ2) is 9.03. The van der Waals surface area contributed by atoms with Crippen molar-refractivity contribution in [1.82, 2.24) is 4.57 Å². The molecule has 0 aliphatic heterocycles. The fourth-order valence-corrected chi connectivity index (χ4v) is 8.66. The predicted octanol–water partition coefficient (Wildman–Crippen LogP) is 12.3. The summed E-state index contributed by atoms with van der Waals surface area (Å²) in [6.07, 6.45) is 0. The van der Waals surface area contributed by atoms with E-state index in [9.17, 15) is 0 Å². The van der Waals surface area contributed by atoms with Gasteiger partial charge >= 0.3 is 0 Å². The van der Waals surface area contributed by atoms with Crippen LogP contribution < -0.4 is 0 Å². The average molecular weight is 576 g/mol. The average Bonchev–Trinajstić information content (AvgIpc) is 3.64. The predicted molar refractivity (Wildman–Crippen MR) is 192 cm³/mol. The fraction of sp³-hybridized carbons (Fsp3) is 0. The summed E-state index contributed by atoms with van der Waals surface area (Å²) in [6, 6.07) is 55.9. The van der Waals surface area contributed by atoms with Crippen molar-refractivity contribution in [2.24, 2.45) is 0 Å². The normalized spacial score (nSPS) is 12.1. The van der Waals surface area contributed by atoms with Crippen molar-refractivity contribution in [3.8, 4) is 16.8 Å². The van der Waals surface area contributed by atoms with Gasteiger partial charge in [0.05, 0.1) is 15.7 Å². The third-order valence-electron chi connectivity index (χ3n) is 9.34. The Hall–Kier alpha value is -5.44. The number of nitrogens with zero attached hydrogens (tertiary/aromatic N) is 1. The molecule has 0 saturated heterocycles. The Labute approximate surface area is 257 Å². The molecule has 8 aromatic carbocycles. The lowest BCUT2D eigenvalue weighted by Crippen LogP contribution is -1.94. The molecule has 0 aliphatic carbocycles. The molecule has 0 N–H and O–H groups in total. The Morgan fingerprint density at radius 3 is 1.98 bits per heavy atom. The first-order valence-electron chi connectivity index (χ1n) is 15.1. The molecule has 44 heavy (non-hydrogen) atoms. The summed E-state index contributed by atoms with van der Waals surface area (Å²) in [5.74, 6) is 0. The highest BCUT2D eigenvalue weighted by Crippen LogP contribution is 2.48. The molecule has 0 radical (unpaired) electrons. The van der Waals surface area contributed by atoms with Gasteiger partial charge in [-0.25, -0.2) is 0 Å².